The molecule has 1 aliphatic heterocycles. The maximum Gasteiger partial charge on any atom is 0.227 e. The highest BCUT2D eigenvalue weighted by molar-refractivity contribution is 7.10. The number of carbonyl (C=O) groups excluding carboxylic acids is 1. The van der Waals surface area contributed by atoms with Crippen LogP contribution in [0.1, 0.15) is 41.8 Å². The Morgan fingerprint density at radius 2 is 2.29 bits per heavy atom. The Morgan fingerprint density at radius 1 is 1.38 bits per heavy atom. The molecular weight excluding hydrogens is 284 g/mol. The minimum absolute atomic E-state index is 0.225. The van der Waals surface area contributed by atoms with Crippen LogP contribution in [0.5, 0.6) is 0 Å². The SMILES string of the molecule is O=C(Cc1cccs1)N1CCC(n2cc(C3CC3)nn2)C1. The van der Waals surface area contributed by atoms with Gasteiger partial charge in [0.15, 0.2) is 0 Å². The van der Waals surface area contributed by atoms with E-state index in [4.69, 9.17) is 0 Å². The molecule has 1 atom stereocenters. The molecule has 1 amide bonds. The van der Waals surface area contributed by atoms with E-state index in [0.29, 0.717) is 12.3 Å². The molecule has 1 saturated heterocycles. The fraction of sp³-hybridized carbons (Fsp3) is 0.533. The van der Waals surface area contributed by atoms with Crippen molar-refractivity contribution >= 4 is 17.2 Å². The van der Waals surface area contributed by atoms with E-state index in [0.717, 1.165) is 30.1 Å². The minimum Gasteiger partial charge on any atom is -0.340 e. The van der Waals surface area contributed by atoms with Gasteiger partial charge in [-0.05, 0) is 30.7 Å². The van der Waals surface area contributed by atoms with Crippen LogP contribution < -0.4 is 0 Å². The monoisotopic (exact) mass is 302 g/mol. The zero-order valence-corrected chi connectivity index (χ0v) is 12.6. The summed E-state index contributed by atoms with van der Waals surface area (Å²) in [6.07, 6.45) is 6.07. The number of hydrogen-bond donors (Lipinski definition) is 0. The van der Waals surface area contributed by atoms with Crippen molar-refractivity contribution in [2.45, 2.75) is 37.6 Å². The number of aromatic nitrogens is 3. The van der Waals surface area contributed by atoms with Crippen molar-refractivity contribution in [1.82, 2.24) is 19.9 Å². The summed E-state index contributed by atoms with van der Waals surface area (Å²) in [6, 6.07) is 4.31. The molecule has 2 aromatic rings. The maximum atomic E-state index is 12.3. The zero-order chi connectivity index (χ0) is 14.2. The Hall–Kier alpha value is -1.69. The Bertz CT molecular complexity index is 632. The highest BCUT2D eigenvalue weighted by Gasteiger charge is 2.31. The van der Waals surface area contributed by atoms with E-state index in [-0.39, 0.29) is 11.9 Å². The van der Waals surface area contributed by atoms with Crippen molar-refractivity contribution < 1.29 is 4.79 Å². The van der Waals surface area contributed by atoms with E-state index in [9.17, 15) is 4.79 Å². The lowest BCUT2D eigenvalue weighted by Crippen LogP contribution is -2.30. The summed E-state index contributed by atoms with van der Waals surface area (Å²) < 4.78 is 1.96. The van der Waals surface area contributed by atoms with Crippen molar-refractivity contribution in [1.29, 1.82) is 0 Å². The van der Waals surface area contributed by atoms with Gasteiger partial charge >= 0.3 is 0 Å². The van der Waals surface area contributed by atoms with Crippen LogP contribution in [-0.2, 0) is 11.2 Å². The number of likely N-dealkylation sites (tertiary alicyclic amines) is 1. The number of hydrogen-bond acceptors (Lipinski definition) is 4. The molecule has 6 heteroatoms. The smallest absolute Gasteiger partial charge is 0.227 e. The zero-order valence-electron chi connectivity index (χ0n) is 11.8. The molecule has 2 aromatic heterocycles. The highest BCUT2D eigenvalue weighted by Crippen LogP contribution is 2.39. The van der Waals surface area contributed by atoms with Crippen LogP contribution in [0.4, 0.5) is 0 Å². The summed E-state index contributed by atoms with van der Waals surface area (Å²) in [5.74, 6) is 0.860. The van der Waals surface area contributed by atoms with Crippen molar-refractivity contribution in [3.8, 4) is 0 Å². The Balaban J connectivity index is 1.38. The van der Waals surface area contributed by atoms with E-state index in [1.54, 1.807) is 11.3 Å². The number of thiophene rings is 1. The van der Waals surface area contributed by atoms with Crippen LogP contribution in [-0.4, -0.2) is 38.9 Å². The highest BCUT2D eigenvalue weighted by atomic mass is 32.1. The van der Waals surface area contributed by atoms with Gasteiger partial charge in [0.25, 0.3) is 0 Å². The Kier molecular flexibility index (Phi) is 3.25. The van der Waals surface area contributed by atoms with E-state index >= 15 is 0 Å². The Labute approximate surface area is 127 Å². The first-order valence-electron chi connectivity index (χ1n) is 7.51. The van der Waals surface area contributed by atoms with Crippen LogP contribution in [0, 0.1) is 0 Å². The van der Waals surface area contributed by atoms with Crippen LogP contribution in [0.3, 0.4) is 0 Å². The maximum absolute atomic E-state index is 12.3. The second-order valence-electron chi connectivity index (χ2n) is 5.94. The molecule has 1 unspecified atom stereocenters. The van der Waals surface area contributed by atoms with Gasteiger partial charge in [0.05, 0.1) is 18.2 Å². The lowest BCUT2D eigenvalue weighted by molar-refractivity contribution is -0.129. The van der Waals surface area contributed by atoms with Gasteiger partial charge < -0.3 is 4.90 Å². The molecule has 0 radical (unpaired) electrons. The summed E-state index contributed by atoms with van der Waals surface area (Å²) >= 11 is 1.65. The number of amides is 1. The summed E-state index contributed by atoms with van der Waals surface area (Å²) in [7, 11) is 0. The molecule has 2 aliphatic rings. The molecule has 3 heterocycles. The largest absolute Gasteiger partial charge is 0.340 e. The standard InChI is InChI=1S/C15H18N4OS/c20-15(8-13-2-1-7-21-13)18-6-5-12(9-18)19-10-14(16-17-19)11-3-4-11/h1-2,7,10-12H,3-6,8-9H2. The molecule has 1 saturated carbocycles. The molecule has 21 heavy (non-hydrogen) atoms. The number of nitrogens with zero attached hydrogens (tertiary/aromatic N) is 4. The fourth-order valence-electron chi connectivity index (χ4n) is 2.89. The third kappa shape index (κ3) is 2.72. The molecular formula is C15H18N4OS. The second kappa shape index (κ2) is 5.26. The fourth-order valence-corrected chi connectivity index (χ4v) is 3.59. The molecule has 110 valence electrons. The molecule has 0 bridgehead atoms. The third-order valence-corrected chi connectivity index (χ3v) is 5.20. The van der Waals surface area contributed by atoms with Crippen LogP contribution in [0.25, 0.3) is 0 Å². The van der Waals surface area contributed by atoms with E-state index in [1.165, 1.54) is 12.8 Å². The minimum atomic E-state index is 0.225. The van der Waals surface area contributed by atoms with Gasteiger partial charge in [-0.1, -0.05) is 11.3 Å². The van der Waals surface area contributed by atoms with Crippen LogP contribution in [0.2, 0.25) is 0 Å². The molecule has 0 aromatic carbocycles. The second-order valence-corrected chi connectivity index (χ2v) is 6.97. The summed E-state index contributed by atoms with van der Waals surface area (Å²) in [4.78, 5) is 15.4. The van der Waals surface area contributed by atoms with Gasteiger partial charge in [0.1, 0.15) is 0 Å². The quantitative estimate of drug-likeness (QED) is 0.870. The van der Waals surface area contributed by atoms with Crippen molar-refractivity contribution in [2.75, 3.05) is 13.1 Å². The van der Waals surface area contributed by atoms with Gasteiger partial charge in [-0.25, -0.2) is 4.68 Å². The molecule has 0 N–H and O–H groups in total. The van der Waals surface area contributed by atoms with Gasteiger partial charge in [-0.3, -0.25) is 4.79 Å². The predicted octanol–water partition coefficient (Wildman–Crippen LogP) is 2.23. The van der Waals surface area contributed by atoms with Crippen molar-refractivity contribution in [2.24, 2.45) is 0 Å². The number of rotatable bonds is 4. The van der Waals surface area contributed by atoms with E-state index in [1.807, 2.05) is 27.1 Å². The van der Waals surface area contributed by atoms with Gasteiger partial charge in [0, 0.05) is 30.1 Å². The average molecular weight is 302 g/mol. The van der Waals surface area contributed by atoms with Gasteiger partial charge in [-0.15, -0.1) is 16.4 Å². The molecule has 2 fully saturated rings. The first-order valence-corrected chi connectivity index (χ1v) is 8.39. The first-order chi connectivity index (χ1) is 10.3. The van der Waals surface area contributed by atoms with Crippen LogP contribution >= 0.6 is 11.3 Å². The average Bonchev–Trinajstić information content (AvgIpc) is 2.94. The van der Waals surface area contributed by atoms with Gasteiger partial charge in [-0.2, -0.15) is 0 Å². The topological polar surface area (TPSA) is 51.0 Å². The molecule has 1 aliphatic carbocycles. The van der Waals surface area contributed by atoms with Crippen molar-refractivity contribution in [3.63, 3.8) is 0 Å². The third-order valence-electron chi connectivity index (χ3n) is 4.32. The van der Waals surface area contributed by atoms with E-state index < -0.39 is 0 Å². The first kappa shape index (κ1) is 13.0. The normalized spacial score (nSPS) is 21.9. The molecule has 5 nitrogen and oxygen atoms in total. The molecule has 4 rings (SSSR count). The number of carbonyl (C=O) groups is 1. The lowest BCUT2D eigenvalue weighted by Gasteiger charge is -2.16. The summed E-state index contributed by atoms with van der Waals surface area (Å²) in [5.41, 5.74) is 1.12. The molecule has 0 spiro atoms. The van der Waals surface area contributed by atoms with Crippen molar-refractivity contribution in [3.05, 3.63) is 34.3 Å². The Morgan fingerprint density at radius 3 is 3.05 bits per heavy atom. The van der Waals surface area contributed by atoms with Crippen LogP contribution in [0.15, 0.2) is 23.7 Å². The summed E-state index contributed by atoms with van der Waals surface area (Å²) in [6.45, 7) is 1.59. The van der Waals surface area contributed by atoms with E-state index in [2.05, 4.69) is 16.5 Å². The van der Waals surface area contributed by atoms with Gasteiger partial charge in [0.2, 0.25) is 5.91 Å². The summed E-state index contributed by atoms with van der Waals surface area (Å²) in [5, 5.41) is 10.5. The predicted molar refractivity (Wildman–Crippen MR) is 80.3 cm³/mol. The lowest BCUT2D eigenvalue weighted by atomic mass is 10.2.